The van der Waals surface area contributed by atoms with Crippen LogP contribution >= 0.6 is 0 Å². The van der Waals surface area contributed by atoms with Crippen molar-refractivity contribution in [1.82, 2.24) is 4.90 Å². The number of piperidine rings is 1. The topological polar surface area (TPSA) is 75.7 Å². The largest absolute Gasteiger partial charge is 0.466 e. The zero-order valence-corrected chi connectivity index (χ0v) is 14.4. The quantitative estimate of drug-likeness (QED) is 0.679. The van der Waals surface area contributed by atoms with Crippen LogP contribution in [0.25, 0.3) is 0 Å². The van der Waals surface area contributed by atoms with Crippen LogP contribution in [-0.4, -0.2) is 42.4 Å². The molecule has 6 nitrogen and oxygen atoms in total. The van der Waals surface area contributed by atoms with Crippen molar-refractivity contribution in [3.8, 4) is 0 Å². The monoisotopic (exact) mass is 332 g/mol. The molecule has 2 rings (SSSR count). The molecule has 130 valence electrons. The van der Waals surface area contributed by atoms with Crippen molar-refractivity contribution in [2.24, 2.45) is 5.92 Å². The molecule has 0 atom stereocenters. The molecule has 24 heavy (non-hydrogen) atoms. The van der Waals surface area contributed by atoms with Gasteiger partial charge in [0.05, 0.1) is 12.5 Å². The second-order valence-electron chi connectivity index (χ2n) is 6.04. The number of hydrogen-bond donors (Lipinski definition) is 1. The minimum atomic E-state index is -0.637. The van der Waals surface area contributed by atoms with Gasteiger partial charge in [0.25, 0.3) is 0 Å². The molecular weight excluding hydrogens is 308 g/mol. The third-order valence-electron chi connectivity index (χ3n) is 4.32. The van der Waals surface area contributed by atoms with Crippen molar-refractivity contribution in [3.63, 3.8) is 0 Å². The number of likely N-dealkylation sites (tertiary alicyclic amines) is 1. The normalized spacial score (nSPS) is 15.0. The van der Waals surface area contributed by atoms with Crippen LogP contribution in [0.1, 0.15) is 30.9 Å². The van der Waals surface area contributed by atoms with Gasteiger partial charge in [-0.3, -0.25) is 14.4 Å². The second-order valence-corrected chi connectivity index (χ2v) is 6.04. The van der Waals surface area contributed by atoms with Crippen LogP contribution in [-0.2, 0) is 19.1 Å². The highest BCUT2D eigenvalue weighted by Crippen LogP contribution is 2.21. The predicted octanol–water partition coefficient (Wildman–Crippen LogP) is 2.04. The first kappa shape index (κ1) is 18.0. The molecule has 0 aromatic heterocycles. The third-order valence-corrected chi connectivity index (χ3v) is 4.32. The Bertz CT molecular complexity index is 614. The van der Waals surface area contributed by atoms with Gasteiger partial charge in [0, 0.05) is 18.8 Å². The summed E-state index contributed by atoms with van der Waals surface area (Å²) in [4.78, 5) is 37.8. The maximum Gasteiger partial charge on any atom is 0.313 e. The fraction of sp³-hybridized carbons (Fsp3) is 0.500. The fourth-order valence-corrected chi connectivity index (χ4v) is 2.90. The van der Waals surface area contributed by atoms with E-state index in [0.29, 0.717) is 38.2 Å². The van der Waals surface area contributed by atoms with Crippen LogP contribution in [0.2, 0.25) is 0 Å². The molecule has 1 N–H and O–H groups in total. The minimum Gasteiger partial charge on any atom is -0.466 e. The zero-order valence-electron chi connectivity index (χ0n) is 14.4. The lowest BCUT2D eigenvalue weighted by Crippen LogP contribution is -2.45. The number of amides is 2. The number of carbonyl (C=O) groups is 3. The van der Waals surface area contributed by atoms with Crippen LogP contribution < -0.4 is 5.32 Å². The van der Waals surface area contributed by atoms with Gasteiger partial charge in [-0.05, 0) is 44.7 Å². The lowest BCUT2D eigenvalue weighted by atomic mass is 9.97. The molecule has 0 saturated carbocycles. The van der Waals surface area contributed by atoms with Gasteiger partial charge >= 0.3 is 17.8 Å². The number of aryl methyl sites for hydroxylation is 2. The standard InChI is InChI=1S/C18H24N2O4/c1-4-24-18(23)14-8-10-20(11-9-14)17(22)16(21)19-15-12(2)6-5-7-13(15)3/h5-7,14H,4,8-11H2,1-3H3,(H,19,21). The van der Waals surface area contributed by atoms with E-state index in [1.54, 1.807) is 6.92 Å². The molecule has 2 amide bonds. The number of hydrogen-bond acceptors (Lipinski definition) is 4. The van der Waals surface area contributed by atoms with Crippen molar-refractivity contribution < 1.29 is 19.1 Å². The smallest absolute Gasteiger partial charge is 0.313 e. The summed E-state index contributed by atoms with van der Waals surface area (Å²) in [6.45, 7) is 6.69. The van der Waals surface area contributed by atoms with Crippen molar-refractivity contribution in [1.29, 1.82) is 0 Å². The summed E-state index contributed by atoms with van der Waals surface area (Å²) in [6.07, 6.45) is 1.06. The summed E-state index contributed by atoms with van der Waals surface area (Å²) in [5.41, 5.74) is 2.51. The van der Waals surface area contributed by atoms with Gasteiger partial charge in [-0.15, -0.1) is 0 Å². The summed E-state index contributed by atoms with van der Waals surface area (Å²) in [5, 5.41) is 2.71. The van der Waals surface area contributed by atoms with E-state index in [4.69, 9.17) is 4.74 Å². The average Bonchev–Trinajstić information content (AvgIpc) is 2.58. The first-order chi connectivity index (χ1) is 11.4. The predicted molar refractivity (Wildman–Crippen MR) is 90.5 cm³/mol. The van der Waals surface area contributed by atoms with Crippen LogP contribution in [0, 0.1) is 19.8 Å². The van der Waals surface area contributed by atoms with Crippen LogP contribution in [0.15, 0.2) is 18.2 Å². The van der Waals surface area contributed by atoms with Crippen molar-refractivity contribution in [3.05, 3.63) is 29.3 Å². The SMILES string of the molecule is CCOC(=O)C1CCN(C(=O)C(=O)Nc2c(C)cccc2C)CC1. The lowest BCUT2D eigenvalue weighted by molar-refractivity contribution is -0.152. The Morgan fingerprint density at radius 3 is 2.29 bits per heavy atom. The number of nitrogens with zero attached hydrogens (tertiary/aromatic N) is 1. The second kappa shape index (κ2) is 7.95. The van der Waals surface area contributed by atoms with Gasteiger partial charge in [0.1, 0.15) is 0 Å². The highest BCUT2D eigenvalue weighted by atomic mass is 16.5. The van der Waals surface area contributed by atoms with Gasteiger partial charge in [0.2, 0.25) is 0 Å². The molecule has 0 spiro atoms. The number of ether oxygens (including phenoxy) is 1. The summed E-state index contributed by atoms with van der Waals surface area (Å²) >= 11 is 0. The molecule has 1 aliphatic rings. The minimum absolute atomic E-state index is 0.185. The Labute approximate surface area is 142 Å². The Morgan fingerprint density at radius 2 is 1.75 bits per heavy atom. The first-order valence-corrected chi connectivity index (χ1v) is 8.27. The molecule has 1 aromatic rings. The Hall–Kier alpha value is -2.37. The molecule has 1 aliphatic heterocycles. The van der Waals surface area contributed by atoms with Gasteiger partial charge in [0.15, 0.2) is 0 Å². The number of para-hydroxylation sites is 1. The lowest BCUT2D eigenvalue weighted by Gasteiger charge is -2.30. The number of nitrogens with one attached hydrogen (secondary N) is 1. The maximum atomic E-state index is 12.3. The molecule has 1 fully saturated rings. The molecular formula is C18H24N2O4. The summed E-state index contributed by atoms with van der Waals surface area (Å²) in [7, 11) is 0. The van der Waals surface area contributed by atoms with Crippen molar-refractivity contribution >= 4 is 23.5 Å². The molecule has 0 aliphatic carbocycles. The van der Waals surface area contributed by atoms with E-state index < -0.39 is 11.8 Å². The van der Waals surface area contributed by atoms with E-state index in [-0.39, 0.29) is 11.9 Å². The summed E-state index contributed by atoms with van der Waals surface area (Å²) < 4.78 is 5.01. The van der Waals surface area contributed by atoms with Crippen molar-refractivity contribution in [2.45, 2.75) is 33.6 Å². The number of anilines is 1. The van der Waals surface area contributed by atoms with E-state index in [1.807, 2.05) is 32.0 Å². The highest BCUT2D eigenvalue weighted by molar-refractivity contribution is 6.39. The Balaban J connectivity index is 1.93. The van der Waals surface area contributed by atoms with Gasteiger partial charge in [-0.2, -0.15) is 0 Å². The third kappa shape index (κ3) is 4.13. The number of esters is 1. The van der Waals surface area contributed by atoms with Crippen LogP contribution in [0.5, 0.6) is 0 Å². The Kier molecular flexibility index (Phi) is 5.95. The van der Waals surface area contributed by atoms with E-state index in [9.17, 15) is 14.4 Å². The van der Waals surface area contributed by atoms with Gasteiger partial charge < -0.3 is 15.0 Å². The molecule has 0 unspecified atom stereocenters. The first-order valence-electron chi connectivity index (χ1n) is 8.27. The van der Waals surface area contributed by atoms with Gasteiger partial charge in [-0.25, -0.2) is 0 Å². The zero-order chi connectivity index (χ0) is 17.7. The average molecular weight is 332 g/mol. The molecule has 1 saturated heterocycles. The number of rotatable bonds is 3. The molecule has 1 aromatic carbocycles. The summed E-state index contributed by atoms with van der Waals surface area (Å²) in [6, 6.07) is 5.68. The van der Waals surface area contributed by atoms with E-state index in [1.165, 1.54) is 4.90 Å². The number of carbonyl (C=O) groups excluding carboxylic acids is 3. The molecule has 0 bridgehead atoms. The number of benzene rings is 1. The fourth-order valence-electron chi connectivity index (χ4n) is 2.90. The van der Waals surface area contributed by atoms with Crippen LogP contribution in [0.4, 0.5) is 5.69 Å². The van der Waals surface area contributed by atoms with E-state index in [2.05, 4.69) is 5.32 Å². The van der Waals surface area contributed by atoms with Crippen LogP contribution in [0.3, 0.4) is 0 Å². The highest BCUT2D eigenvalue weighted by Gasteiger charge is 2.31. The maximum absolute atomic E-state index is 12.3. The van der Waals surface area contributed by atoms with E-state index in [0.717, 1.165) is 11.1 Å². The molecule has 0 radical (unpaired) electrons. The molecule has 6 heteroatoms. The summed E-state index contributed by atoms with van der Waals surface area (Å²) in [5.74, 6) is -1.60. The Morgan fingerprint density at radius 1 is 1.17 bits per heavy atom. The molecule has 1 heterocycles. The van der Waals surface area contributed by atoms with E-state index >= 15 is 0 Å². The van der Waals surface area contributed by atoms with Gasteiger partial charge in [-0.1, -0.05) is 18.2 Å². The van der Waals surface area contributed by atoms with Crippen molar-refractivity contribution in [2.75, 3.05) is 25.0 Å².